The molecule has 0 N–H and O–H groups in total. The summed E-state index contributed by atoms with van der Waals surface area (Å²) >= 11 is 9.71. The number of rotatable bonds is 1. The average molecular weight is 480 g/mol. The minimum atomic E-state index is -0.594. The van der Waals surface area contributed by atoms with E-state index < -0.39 is 11.7 Å². The lowest BCUT2D eigenvalue weighted by Crippen LogP contribution is -2.46. The average Bonchev–Trinajstić information content (AvgIpc) is 2.77. The number of hydrogen-bond donors (Lipinski definition) is 0. The summed E-state index contributed by atoms with van der Waals surface area (Å²) in [6, 6.07) is 12.6. The summed E-state index contributed by atoms with van der Waals surface area (Å²) < 4.78 is 6.39. The molecule has 2 aromatic carbocycles. The van der Waals surface area contributed by atoms with Crippen molar-refractivity contribution >= 4 is 45.2 Å². The van der Waals surface area contributed by atoms with Crippen LogP contribution in [0, 0.1) is 0 Å². The number of amides is 2. The van der Waals surface area contributed by atoms with Gasteiger partial charge in [0.05, 0.1) is 23.2 Å². The number of hydrogen-bond acceptors (Lipinski definition) is 3. The number of nitrogens with zero attached hydrogens (tertiary/aromatic N) is 2. The van der Waals surface area contributed by atoms with Gasteiger partial charge in [-0.05, 0) is 57.5 Å². The van der Waals surface area contributed by atoms with E-state index in [2.05, 4.69) is 15.9 Å². The molecule has 7 heteroatoms. The van der Waals surface area contributed by atoms with Gasteiger partial charge in [-0.1, -0.05) is 45.7 Å². The van der Waals surface area contributed by atoms with Crippen molar-refractivity contribution < 1.29 is 14.3 Å². The van der Waals surface area contributed by atoms with Gasteiger partial charge in [0, 0.05) is 16.7 Å². The second kappa shape index (κ2) is 8.36. The van der Waals surface area contributed by atoms with Crippen molar-refractivity contribution in [3.63, 3.8) is 0 Å². The molecule has 154 valence electrons. The van der Waals surface area contributed by atoms with E-state index in [0.717, 1.165) is 15.7 Å². The van der Waals surface area contributed by atoms with E-state index in [1.54, 1.807) is 28.0 Å². The first-order chi connectivity index (χ1) is 13.6. The summed E-state index contributed by atoms with van der Waals surface area (Å²) in [6.07, 6.45) is -0.393. The SMILES string of the molecule is C[C@@H]1CN(C(=O)c2ccc(Br)cc2Cl)c2ccccc2CN1C(=O)OC(C)(C)C. The quantitative estimate of drug-likeness (QED) is 0.512. The van der Waals surface area contributed by atoms with Crippen molar-refractivity contribution in [3.8, 4) is 0 Å². The molecule has 0 saturated carbocycles. The lowest BCUT2D eigenvalue weighted by atomic mass is 10.1. The number of ether oxygens (including phenoxy) is 1. The van der Waals surface area contributed by atoms with Crippen LogP contribution in [-0.4, -0.2) is 35.1 Å². The lowest BCUT2D eigenvalue weighted by molar-refractivity contribution is 0.0167. The Kier molecular flexibility index (Phi) is 6.24. The molecule has 0 bridgehead atoms. The van der Waals surface area contributed by atoms with Crippen LogP contribution in [0.3, 0.4) is 0 Å². The number of halogens is 2. The molecular formula is C22H24BrClN2O3. The highest BCUT2D eigenvalue weighted by atomic mass is 79.9. The monoisotopic (exact) mass is 478 g/mol. The van der Waals surface area contributed by atoms with Crippen molar-refractivity contribution in [2.45, 2.75) is 45.9 Å². The van der Waals surface area contributed by atoms with Crippen molar-refractivity contribution in [2.75, 3.05) is 11.4 Å². The van der Waals surface area contributed by atoms with Crippen molar-refractivity contribution in [1.82, 2.24) is 4.90 Å². The third-order valence-electron chi connectivity index (χ3n) is 4.64. The van der Waals surface area contributed by atoms with Gasteiger partial charge in [0.2, 0.25) is 0 Å². The van der Waals surface area contributed by atoms with Gasteiger partial charge in [0.25, 0.3) is 5.91 Å². The van der Waals surface area contributed by atoms with Crippen LogP contribution < -0.4 is 4.90 Å². The van der Waals surface area contributed by atoms with Gasteiger partial charge in [-0.15, -0.1) is 0 Å². The van der Waals surface area contributed by atoms with Gasteiger partial charge in [-0.25, -0.2) is 4.79 Å². The zero-order chi connectivity index (χ0) is 21.3. The molecule has 0 unspecified atom stereocenters. The Balaban J connectivity index is 1.98. The largest absolute Gasteiger partial charge is 0.444 e. The predicted molar refractivity (Wildman–Crippen MR) is 119 cm³/mol. The molecule has 0 spiro atoms. The Morgan fingerprint density at radius 2 is 1.86 bits per heavy atom. The molecule has 0 radical (unpaired) electrons. The summed E-state index contributed by atoms with van der Waals surface area (Å²) in [5.41, 5.74) is 1.48. The van der Waals surface area contributed by atoms with Crippen molar-refractivity contribution in [1.29, 1.82) is 0 Å². The molecule has 1 heterocycles. The van der Waals surface area contributed by atoms with Crippen LogP contribution in [-0.2, 0) is 11.3 Å². The molecule has 0 aromatic heterocycles. The molecule has 1 aliphatic heterocycles. The number of benzene rings is 2. The second-order valence-electron chi connectivity index (χ2n) is 8.13. The molecule has 29 heavy (non-hydrogen) atoms. The molecule has 1 aliphatic rings. The van der Waals surface area contributed by atoms with Crippen molar-refractivity contribution in [3.05, 3.63) is 63.1 Å². The molecule has 3 rings (SSSR count). The van der Waals surface area contributed by atoms with E-state index in [0.29, 0.717) is 23.7 Å². The standard InChI is InChI=1S/C22H24BrClN2O3/c1-14-12-26(20(27)17-10-9-16(23)11-18(17)24)19-8-6-5-7-15(19)13-25(14)21(28)29-22(2,3)4/h5-11,14H,12-13H2,1-4H3/t14-/m1/s1. The molecule has 2 aromatic rings. The van der Waals surface area contributed by atoms with Crippen LogP contribution in [0.5, 0.6) is 0 Å². The summed E-state index contributed by atoms with van der Waals surface area (Å²) in [4.78, 5) is 29.5. The Bertz CT molecular complexity index is 942. The van der Waals surface area contributed by atoms with Crippen LogP contribution in [0.15, 0.2) is 46.9 Å². The Labute approximate surface area is 184 Å². The Morgan fingerprint density at radius 1 is 1.17 bits per heavy atom. The van der Waals surface area contributed by atoms with Crippen LogP contribution in [0.25, 0.3) is 0 Å². The van der Waals surface area contributed by atoms with Crippen LogP contribution >= 0.6 is 27.5 Å². The highest BCUT2D eigenvalue weighted by Gasteiger charge is 2.34. The summed E-state index contributed by atoms with van der Waals surface area (Å²) in [6.45, 7) is 8.14. The van der Waals surface area contributed by atoms with E-state index in [1.807, 2.05) is 52.0 Å². The van der Waals surface area contributed by atoms with Gasteiger partial charge in [-0.3, -0.25) is 9.69 Å². The third kappa shape index (κ3) is 4.93. The van der Waals surface area contributed by atoms with Gasteiger partial charge in [0.15, 0.2) is 0 Å². The van der Waals surface area contributed by atoms with Gasteiger partial charge in [-0.2, -0.15) is 0 Å². The highest BCUT2D eigenvalue weighted by Crippen LogP contribution is 2.31. The third-order valence-corrected chi connectivity index (χ3v) is 5.44. The zero-order valence-electron chi connectivity index (χ0n) is 16.9. The highest BCUT2D eigenvalue weighted by molar-refractivity contribution is 9.10. The van der Waals surface area contributed by atoms with Crippen molar-refractivity contribution in [2.24, 2.45) is 0 Å². The summed E-state index contributed by atoms with van der Waals surface area (Å²) in [7, 11) is 0. The van der Waals surface area contributed by atoms with Gasteiger partial charge < -0.3 is 9.64 Å². The molecule has 1 atom stereocenters. The minimum absolute atomic E-state index is 0.201. The smallest absolute Gasteiger partial charge is 0.410 e. The van der Waals surface area contributed by atoms with E-state index >= 15 is 0 Å². The Morgan fingerprint density at radius 3 is 2.52 bits per heavy atom. The first kappa shape index (κ1) is 21.7. The van der Waals surface area contributed by atoms with E-state index in [-0.39, 0.29) is 11.9 Å². The van der Waals surface area contributed by atoms with Gasteiger partial charge >= 0.3 is 6.09 Å². The molecule has 0 fully saturated rings. The predicted octanol–water partition coefficient (Wildman–Crippen LogP) is 5.89. The molecule has 5 nitrogen and oxygen atoms in total. The molecule has 2 amide bonds. The first-order valence-corrected chi connectivity index (χ1v) is 10.6. The maximum Gasteiger partial charge on any atom is 0.410 e. The number of fused-ring (bicyclic) bond motifs is 1. The normalized spacial score (nSPS) is 16.8. The first-order valence-electron chi connectivity index (χ1n) is 9.41. The van der Waals surface area contributed by atoms with E-state index in [4.69, 9.17) is 16.3 Å². The Hall–Kier alpha value is -2.05. The van der Waals surface area contributed by atoms with Gasteiger partial charge in [0.1, 0.15) is 5.60 Å². The minimum Gasteiger partial charge on any atom is -0.444 e. The van der Waals surface area contributed by atoms with Crippen LogP contribution in [0.2, 0.25) is 5.02 Å². The molecule has 0 saturated heterocycles. The summed E-state index contributed by atoms with van der Waals surface area (Å²) in [5, 5.41) is 0.378. The number of carbonyl (C=O) groups excluding carboxylic acids is 2. The fraction of sp³-hybridized carbons (Fsp3) is 0.364. The maximum atomic E-state index is 13.4. The fourth-order valence-electron chi connectivity index (χ4n) is 3.27. The topological polar surface area (TPSA) is 49.9 Å². The second-order valence-corrected chi connectivity index (χ2v) is 9.45. The van der Waals surface area contributed by atoms with E-state index in [9.17, 15) is 9.59 Å². The fourth-order valence-corrected chi connectivity index (χ4v) is 4.03. The molecular weight excluding hydrogens is 456 g/mol. The molecule has 0 aliphatic carbocycles. The zero-order valence-corrected chi connectivity index (χ0v) is 19.3. The van der Waals surface area contributed by atoms with E-state index in [1.165, 1.54) is 0 Å². The lowest BCUT2D eigenvalue weighted by Gasteiger charge is -2.31. The number of carbonyl (C=O) groups is 2. The summed E-state index contributed by atoms with van der Waals surface area (Å²) in [5.74, 6) is -0.201. The van der Waals surface area contributed by atoms with Crippen LogP contribution in [0.1, 0.15) is 43.6 Å². The number of para-hydroxylation sites is 1. The van der Waals surface area contributed by atoms with Crippen LogP contribution in [0.4, 0.5) is 10.5 Å². The number of anilines is 1. The maximum absolute atomic E-state index is 13.4.